The van der Waals surface area contributed by atoms with Gasteiger partial charge in [0.15, 0.2) is 0 Å². The third-order valence-electron chi connectivity index (χ3n) is 3.46. The van der Waals surface area contributed by atoms with Crippen molar-refractivity contribution in [3.8, 4) is 0 Å². The molecule has 0 saturated heterocycles. The number of para-hydroxylation sites is 1. The Hall–Kier alpha value is -2.85. The van der Waals surface area contributed by atoms with Crippen LogP contribution in [0.25, 0.3) is 0 Å². The molecule has 1 amide bonds. The summed E-state index contributed by atoms with van der Waals surface area (Å²) < 4.78 is 0. The quantitative estimate of drug-likeness (QED) is 0.701. The number of hydrogen-bond acceptors (Lipinski definition) is 3. The van der Waals surface area contributed by atoms with E-state index in [-0.39, 0.29) is 5.91 Å². The fourth-order valence-electron chi connectivity index (χ4n) is 2.19. The molecule has 120 valence electrons. The normalized spacial score (nSPS) is 10.2. The maximum Gasteiger partial charge on any atom is 0.257 e. The van der Waals surface area contributed by atoms with Crippen LogP contribution in [0.4, 0.5) is 17.1 Å². The number of nitrogens with zero attached hydrogens (tertiary/aromatic N) is 1. The maximum atomic E-state index is 12.4. The van der Waals surface area contributed by atoms with E-state index in [0.717, 1.165) is 16.9 Å². The summed E-state index contributed by atoms with van der Waals surface area (Å²) in [5.41, 5.74) is 3.81. The number of carbonyl (C=O) groups is 1. The lowest BCUT2D eigenvalue weighted by molar-refractivity contribution is 0.102. The van der Waals surface area contributed by atoms with E-state index in [0.29, 0.717) is 16.3 Å². The molecule has 3 aromatic rings. The molecule has 0 unspecified atom stereocenters. The van der Waals surface area contributed by atoms with Crippen LogP contribution < -0.4 is 10.6 Å². The molecular weight excluding hydrogens is 322 g/mol. The van der Waals surface area contributed by atoms with Gasteiger partial charge in [0, 0.05) is 11.9 Å². The zero-order valence-corrected chi connectivity index (χ0v) is 13.8. The lowest BCUT2D eigenvalue weighted by Gasteiger charge is -2.10. The van der Waals surface area contributed by atoms with Crippen molar-refractivity contribution in [1.82, 2.24) is 4.98 Å². The first kappa shape index (κ1) is 16.0. The van der Waals surface area contributed by atoms with Crippen molar-refractivity contribution in [1.29, 1.82) is 0 Å². The second kappa shape index (κ2) is 7.15. The fourth-order valence-corrected chi connectivity index (χ4v) is 2.37. The first-order valence-corrected chi connectivity index (χ1v) is 7.84. The summed E-state index contributed by atoms with van der Waals surface area (Å²) in [6.07, 6.45) is 3.17. The molecule has 1 aromatic heterocycles. The second-order valence-corrected chi connectivity index (χ2v) is 5.79. The summed E-state index contributed by atoms with van der Waals surface area (Å²) in [5.74, 6) is -0.214. The Morgan fingerprint density at radius 1 is 1.00 bits per heavy atom. The predicted molar refractivity (Wildman–Crippen MR) is 98.1 cm³/mol. The molecule has 1 heterocycles. The van der Waals surface area contributed by atoms with Crippen molar-refractivity contribution >= 4 is 34.6 Å². The van der Waals surface area contributed by atoms with Gasteiger partial charge >= 0.3 is 0 Å². The van der Waals surface area contributed by atoms with Gasteiger partial charge in [0.1, 0.15) is 0 Å². The Morgan fingerprint density at radius 2 is 1.75 bits per heavy atom. The van der Waals surface area contributed by atoms with E-state index in [1.165, 1.54) is 6.20 Å². The lowest BCUT2D eigenvalue weighted by atomic mass is 10.2. The molecule has 0 radical (unpaired) electrons. The van der Waals surface area contributed by atoms with Crippen molar-refractivity contribution in [2.75, 3.05) is 10.6 Å². The maximum absolute atomic E-state index is 12.4. The van der Waals surface area contributed by atoms with E-state index in [2.05, 4.69) is 15.6 Å². The van der Waals surface area contributed by atoms with E-state index in [1.54, 1.807) is 18.3 Å². The standard InChI is InChI=1S/C19H16ClN3O/c1-13-6-8-15(9-7-13)23-19(24)14-10-16(12-21-11-14)22-18-5-3-2-4-17(18)20/h2-12,22H,1H3,(H,23,24). The Kier molecular flexibility index (Phi) is 4.77. The molecule has 0 saturated carbocycles. The number of amides is 1. The van der Waals surface area contributed by atoms with Gasteiger partial charge in [-0.1, -0.05) is 41.4 Å². The summed E-state index contributed by atoms with van der Waals surface area (Å²) >= 11 is 6.13. The Bertz CT molecular complexity index is 862. The minimum absolute atomic E-state index is 0.214. The topological polar surface area (TPSA) is 54.0 Å². The number of halogens is 1. The van der Waals surface area contributed by atoms with Crippen molar-refractivity contribution in [3.63, 3.8) is 0 Å². The van der Waals surface area contributed by atoms with Gasteiger partial charge in [-0.25, -0.2) is 0 Å². The highest BCUT2D eigenvalue weighted by Crippen LogP contribution is 2.25. The minimum Gasteiger partial charge on any atom is -0.353 e. The van der Waals surface area contributed by atoms with Crippen LogP contribution >= 0.6 is 11.6 Å². The van der Waals surface area contributed by atoms with Gasteiger partial charge in [0.25, 0.3) is 5.91 Å². The van der Waals surface area contributed by atoms with Gasteiger partial charge in [-0.3, -0.25) is 9.78 Å². The van der Waals surface area contributed by atoms with E-state index in [1.807, 2.05) is 49.4 Å². The highest BCUT2D eigenvalue weighted by Gasteiger charge is 2.08. The van der Waals surface area contributed by atoms with Crippen LogP contribution in [0.3, 0.4) is 0 Å². The number of rotatable bonds is 4. The number of carbonyl (C=O) groups excluding carboxylic acids is 1. The van der Waals surface area contributed by atoms with Gasteiger partial charge in [-0.15, -0.1) is 0 Å². The zero-order valence-electron chi connectivity index (χ0n) is 13.1. The average molecular weight is 338 g/mol. The summed E-state index contributed by atoms with van der Waals surface area (Å²) in [7, 11) is 0. The molecule has 4 nitrogen and oxygen atoms in total. The van der Waals surface area contributed by atoms with Crippen molar-refractivity contribution in [2.24, 2.45) is 0 Å². The molecule has 0 bridgehead atoms. The third kappa shape index (κ3) is 3.91. The minimum atomic E-state index is -0.214. The summed E-state index contributed by atoms with van der Waals surface area (Å²) in [5, 5.41) is 6.62. The molecule has 0 spiro atoms. The van der Waals surface area contributed by atoms with Crippen molar-refractivity contribution in [2.45, 2.75) is 6.92 Å². The number of hydrogen-bond donors (Lipinski definition) is 2. The highest BCUT2D eigenvalue weighted by molar-refractivity contribution is 6.33. The summed E-state index contributed by atoms with van der Waals surface area (Å²) in [6, 6.07) is 16.8. The number of aromatic nitrogens is 1. The van der Waals surface area contributed by atoms with Crippen LogP contribution in [-0.4, -0.2) is 10.9 Å². The van der Waals surface area contributed by atoms with Gasteiger partial charge in [-0.2, -0.15) is 0 Å². The lowest BCUT2D eigenvalue weighted by Crippen LogP contribution is -2.12. The number of aryl methyl sites for hydroxylation is 1. The SMILES string of the molecule is Cc1ccc(NC(=O)c2cncc(Nc3ccccc3Cl)c2)cc1. The molecule has 0 aliphatic rings. The van der Waals surface area contributed by atoms with Crippen LogP contribution in [0.2, 0.25) is 5.02 Å². The highest BCUT2D eigenvalue weighted by atomic mass is 35.5. The Morgan fingerprint density at radius 3 is 2.50 bits per heavy atom. The number of nitrogens with one attached hydrogen (secondary N) is 2. The number of pyridine rings is 1. The van der Waals surface area contributed by atoms with Crippen molar-refractivity contribution < 1.29 is 4.79 Å². The zero-order chi connectivity index (χ0) is 16.9. The average Bonchev–Trinajstić information content (AvgIpc) is 2.59. The third-order valence-corrected chi connectivity index (χ3v) is 3.79. The predicted octanol–water partition coefficient (Wildman–Crippen LogP) is 5.04. The monoisotopic (exact) mass is 337 g/mol. The molecule has 2 N–H and O–H groups in total. The van der Waals surface area contributed by atoms with Crippen LogP contribution in [-0.2, 0) is 0 Å². The molecular formula is C19H16ClN3O. The molecule has 24 heavy (non-hydrogen) atoms. The fraction of sp³-hybridized carbons (Fsp3) is 0.0526. The number of anilines is 3. The van der Waals surface area contributed by atoms with E-state index < -0.39 is 0 Å². The van der Waals surface area contributed by atoms with E-state index in [9.17, 15) is 4.79 Å². The molecule has 0 atom stereocenters. The van der Waals surface area contributed by atoms with Gasteiger partial charge < -0.3 is 10.6 Å². The van der Waals surface area contributed by atoms with Crippen LogP contribution in [0.1, 0.15) is 15.9 Å². The van der Waals surface area contributed by atoms with E-state index >= 15 is 0 Å². The summed E-state index contributed by atoms with van der Waals surface area (Å²) in [6.45, 7) is 2.00. The largest absolute Gasteiger partial charge is 0.353 e. The molecule has 0 aliphatic carbocycles. The molecule has 2 aromatic carbocycles. The first-order chi connectivity index (χ1) is 11.6. The number of benzene rings is 2. The molecule has 3 rings (SSSR count). The molecule has 0 fully saturated rings. The van der Waals surface area contributed by atoms with Crippen molar-refractivity contribution in [3.05, 3.63) is 83.1 Å². The Labute approximate surface area is 145 Å². The second-order valence-electron chi connectivity index (χ2n) is 5.39. The van der Waals surface area contributed by atoms with Gasteiger partial charge in [0.2, 0.25) is 0 Å². The van der Waals surface area contributed by atoms with Crippen LogP contribution in [0, 0.1) is 6.92 Å². The van der Waals surface area contributed by atoms with E-state index in [4.69, 9.17) is 11.6 Å². The smallest absolute Gasteiger partial charge is 0.257 e. The van der Waals surface area contributed by atoms with Gasteiger partial charge in [0.05, 0.1) is 28.2 Å². The van der Waals surface area contributed by atoms with Crippen LogP contribution in [0.15, 0.2) is 67.0 Å². The molecule has 0 aliphatic heterocycles. The Balaban J connectivity index is 1.76. The van der Waals surface area contributed by atoms with Crippen LogP contribution in [0.5, 0.6) is 0 Å². The molecule has 5 heteroatoms. The first-order valence-electron chi connectivity index (χ1n) is 7.46. The van der Waals surface area contributed by atoms with Gasteiger partial charge in [-0.05, 0) is 37.3 Å². The summed E-state index contributed by atoms with van der Waals surface area (Å²) in [4.78, 5) is 16.5.